The standard InChI is InChI=1S/C29H29N3O6.ClH/c30-27(20-6-2-1-3-7-20)23-8-4-9-24(18-23)37-19-25-31-28(32-38-25)21-11-13-22(14-12-21)29(33)36-15-5-10-26-34-16-17-35-26;/h1-4,6-9,11-14,18,26-27H,5,10,15-17,19,30H2;1H. The number of aromatic nitrogens is 2. The normalized spacial score (nSPS) is 14.0. The van der Waals surface area contributed by atoms with Gasteiger partial charge in [0.1, 0.15) is 5.75 Å². The maximum absolute atomic E-state index is 12.3. The lowest BCUT2D eigenvalue weighted by atomic mass is 10.00. The predicted molar refractivity (Wildman–Crippen MR) is 145 cm³/mol. The van der Waals surface area contributed by atoms with E-state index >= 15 is 0 Å². The minimum Gasteiger partial charge on any atom is -0.484 e. The van der Waals surface area contributed by atoms with Gasteiger partial charge in [-0.05, 0) is 41.8 Å². The highest BCUT2D eigenvalue weighted by Gasteiger charge is 2.16. The van der Waals surface area contributed by atoms with Gasteiger partial charge in [-0.1, -0.05) is 59.8 Å². The number of carbonyl (C=O) groups is 1. The fraction of sp³-hybridized carbons (Fsp3) is 0.276. The van der Waals surface area contributed by atoms with Crippen molar-refractivity contribution >= 4 is 18.4 Å². The number of hydrogen-bond donors (Lipinski definition) is 1. The first-order valence-electron chi connectivity index (χ1n) is 12.5. The molecule has 5 rings (SSSR count). The SMILES string of the molecule is Cl.NC(c1ccccc1)c1cccc(OCc2nc(-c3ccc(C(=O)OCCCC4OCCO4)cc3)no2)c1. The van der Waals surface area contributed by atoms with E-state index in [0.29, 0.717) is 61.3 Å². The Morgan fingerprint density at radius 3 is 2.49 bits per heavy atom. The third-order valence-corrected chi connectivity index (χ3v) is 6.09. The van der Waals surface area contributed by atoms with Crippen molar-refractivity contribution in [3.8, 4) is 17.1 Å². The number of nitrogens with zero attached hydrogens (tertiary/aromatic N) is 2. The Bertz CT molecular complexity index is 1330. The molecule has 1 aliphatic rings. The smallest absolute Gasteiger partial charge is 0.338 e. The van der Waals surface area contributed by atoms with Gasteiger partial charge in [0.25, 0.3) is 5.89 Å². The molecule has 2 N–H and O–H groups in total. The molecule has 10 heteroatoms. The molecule has 0 spiro atoms. The second kappa shape index (κ2) is 13.9. The monoisotopic (exact) mass is 551 g/mol. The molecule has 39 heavy (non-hydrogen) atoms. The first-order chi connectivity index (χ1) is 18.7. The van der Waals surface area contributed by atoms with Gasteiger partial charge in [0.2, 0.25) is 5.82 Å². The molecular weight excluding hydrogens is 522 g/mol. The second-order valence-electron chi connectivity index (χ2n) is 8.79. The predicted octanol–water partition coefficient (Wildman–Crippen LogP) is 5.10. The van der Waals surface area contributed by atoms with E-state index < -0.39 is 0 Å². The highest BCUT2D eigenvalue weighted by molar-refractivity contribution is 5.89. The van der Waals surface area contributed by atoms with Gasteiger partial charge in [0.15, 0.2) is 12.9 Å². The molecule has 3 aromatic carbocycles. The van der Waals surface area contributed by atoms with Crippen molar-refractivity contribution in [3.63, 3.8) is 0 Å². The lowest BCUT2D eigenvalue weighted by Crippen LogP contribution is -2.11. The minimum atomic E-state index is -0.388. The molecule has 0 aliphatic carbocycles. The number of hydrogen-bond acceptors (Lipinski definition) is 9. The van der Waals surface area contributed by atoms with E-state index in [4.69, 9.17) is 29.2 Å². The van der Waals surface area contributed by atoms with E-state index in [1.165, 1.54) is 0 Å². The number of ether oxygens (including phenoxy) is 4. The summed E-state index contributed by atoms with van der Waals surface area (Å²) in [6.45, 7) is 1.64. The molecule has 1 atom stereocenters. The van der Waals surface area contributed by atoms with E-state index in [2.05, 4.69) is 10.1 Å². The minimum absolute atomic E-state index is 0. The van der Waals surface area contributed by atoms with Crippen molar-refractivity contribution < 1.29 is 28.3 Å². The largest absolute Gasteiger partial charge is 0.484 e. The van der Waals surface area contributed by atoms with Crippen molar-refractivity contribution in [1.29, 1.82) is 0 Å². The topological polar surface area (TPSA) is 119 Å². The van der Waals surface area contributed by atoms with Crippen LogP contribution in [0.5, 0.6) is 5.75 Å². The molecule has 0 saturated carbocycles. The van der Waals surface area contributed by atoms with Gasteiger partial charge >= 0.3 is 5.97 Å². The summed E-state index contributed by atoms with van der Waals surface area (Å²) in [6.07, 6.45) is 1.18. The summed E-state index contributed by atoms with van der Waals surface area (Å²) in [7, 11) is 0. The third kappa shape index (κ3) is 7.64. The molecule has 0 bridgehead atoms. The van der Waals surface area contributed by atoms with Gasteiger partial charge in [-0.3, -0.25) is 0 Å². The van der Waals surface area contributed by atoms with Crippen LogP contribution in [0.1, 0.15) is 46.3 Å². The van der Waals surface area contributed by atoms with Crippen LogP contribution in [0.15, 0.2) is 83.4 Å². The fourth-order valence-corrected chi connectivity index (χ4v) is 4.05. The molecular formula is C29H30ClN3O6. The molecule has 1 aliphatic heterocycles. The number of rotatable bonds is 11. The summed E-state index contributed by atoms with van der Waals surface area (Å²) in [5.41, 5.74) is 9.53. The Labute approximate surface area is 232 Å². The lowest BCUT2D eigenvalue weighted by Gasteiger charge is -2.13. The molecule has 204 valence electrons. The Hall–Kier alpha value is -3.76. The van der Waals surface area contributed by atoms with Gasteiger partial charge in [-0.15, -0.1) is 12.4 Å². The maximum atomic E-state index is 12.3. The summed E-state index contributed by atoms with van der Waals surface area (Å²) in [5, 5.41) is 4.03. The molecule has 4 aromatic rings. The third-order valence-electron chi connectivity index (χ3n) is 6.09. The lowest BCUT2D eigenvalue weighted by molar-refractivity contribution is -0.0505. The van der Waals surface area contributed by atoms with Crippen LogP contribution in [-0.2, 0) is 20.8 Å². The summed E-state index contributed by atoms with van der Waals surface area (Å²) in [6, 6.07) is 24.1. The summed E-state index contributed by atoms with van der Waals surface area (Å²) in [4.78, 5) is 16.7. The van der Waals surface area contributed by atoms with Crippen molar-refractivity contribution in [2.45, 2.75) is 31.8 Å². The Balaban J connectivity index is 0.00000353. The number of benzene rings is 3. The van der Waals surface area contributed by atoms with Crippen LogP contribution in [0.4, 0.5) is 0 Å². The first kappa shape index (κ1) is 28.3. The molecule has 1 saturated heterocycles. The van der Waals surface area contributed by atoms with E-state index in [1.807, 2.05) is 54.6 Å². The van der Waals surface area contributed by atoms with Crippen LogP contribution >= 0.6 is 12.4 Å². The molecule has 0 radical (unpaired) electrons. The molecule has 1 unspecified atom stereocenters. The average Bonchev–Trinajstić information content (AvgIpc) is 3.67. The highest BCUT2D eigenvalue weighted by atomic mass is 35.5. The van der Waals surface area contributed by atoms with Gasteiger partial charge < -0.3 is 29.2 Å². The van der Waals surface area contributed by atoms with E-state index in [9.17, 15) is 4.79 Å². The Morgan fingerprint density at radius 1 is 0.974 bits per heavy atom. The summed E-state index contributed by atoms with van der Waals surface area (Å²) in [5.74, 6) is 0.998. The van der Waals surface area contributed by atoms with Crippen molar-refractivity contribution in [2.75, 3.05) is 19.8 Å². The molecule has 1 fully saturated rings. The molecule has 9 nitrogen and oxygen atoms in total. The van der Waals surface area contributed by atoms with Gasteiger partial charge in [-0.2, -0.15) is 4.98 Å². The van der Waals surface area contributed by atoms with Crippen LogP contribution in [-0.4, -0.2) is 42.2 Å². The highest BCUT2D eigenvalue weighted by Crippen LogP contribution is 2.24. The zero-order chi connectivity index (χ0) is 26.2. The second-order valence-corrected chi connectivity index (χ2v) is 8.79. The Kier molecular flexibility index (Phi) is 10.0. The number of nitrogens with two attached hydrogens (primary N) is 1. The van der Waals surface area contributed by atoms with Crippen LogP contribution in [0.3, 0.4) is 0 Å². The van der Waals surface area contributed by atoms with Crippen LogP contribution in [0.25, 0.3) is 11.4 Å². The average molecular weight is 552 g/mol. The zero-order valence-corrected chi connectivity index (χ0v) is 22.0. The van der Waals surface area contributed by atoms with Crippen molar-refractivity contribution in [1.82, 2.24) is 10.1 Å². The van der Waals surface area contributed by atoms with Gasteiger partial charge in [0.05, 0.1) is 31.4 Å². The number of halogens is 1. The van der Waals surface area contributed by atoms with E-state index in [1.54, 1.807) is 24.3 Å². The zero-order valence-electron chi connectivity index (χ0n) is 21.2. The Morgan fingerprint density at radius 2 is 1.72 bits per heavy atom. The van der Waals surface area contributed by atoms with Crippen LogP contribution < -0.4 is 10.5 Å². The molecule has 2 heterocycles. The summed E-state index contributed by atoms with van der Waals surface area (Å²) < 4.78 is 27.3. The van der Waals surface area contributed by atoms with Crippen molar-refractivity contribution in [2.24, 2.45) is 5.73 Å². The van der Waals surface area contributed by atoms with Crippen LogP contribution in [0, 0.1) is 0 Å². The molecule has 1 aromatic heterocycles. The maximum Gasteiger partial charge on any atom is 0.338 e. The van der Waals surface area contributed by atoms with Gasteiger partial charge in [0, 0.05) is 12.0 Å². The first-order valence-corrected chi connectivity index (χ1v) is 12.5. The number of carbonyl (C=O) groups excluding carboxylic acids is 1. The fourth-order valence-electron chi connectivity index (χ4n) is 4.05. The van der Waals surface area contributed by atoms with Crippen LogP contribution in [0.2, 0.25) is 0 Å². The van der Waals surface area contributed by atoms with E-state index in [-0.39, 0.29) is 37.3 Å². The quantitative estimate of drug-likeness (QED) is 0.201. The number of esters is 1. The van der Waals surface area contributed by atoms with Crippen molar-refractivity contribution in [3.05, 3.63) is 101 Å². The summed E-state index contributed by atoms with van der Waals surface area (Å²) >= 11 is 0. The van der Waals surface area contributed by atoms with Gasteiger partial charge in [-0.25, -0.2) is 4.79 Å². The molecule has 0 amide bonds. The van der Waals surface area contributed by atoms with E-state index in [0.717, 1.165) is 11.1 Å².